The van der Waals surface area contributed by atoms with Crippen molar-refractivity contribution in [1.82, 2.24) is 9.97 Å². The Kier molecular flexibility index (Phi) is 6.37. The van der Waals surface area contributed by atoms with Crippen molar-refractivity contribution in [3.63, 3.8) is 0 Å². The van der Waals surface area contributed by atoms with E-state index < -0.39 is 29.1 Å². The van der Waals surface area contributed by atoms with E-state index in [4.69, 9.17) is 4.74 Å². The average molecular weight is 494 g/mol. The Hall–Kier alpha value is -3.02. The van der Waals surface area contributed by atoms with Gasteiger partial charge in [0.15, 0.2) is 5.13 Å². The van der Waals surface area contributed by atoms with E-state index in [2.05, 4.69) is 15.3 Å². The molecule has 11 heteroatoms. The smallest absolute Gasteiger partial charge is 0.424 e. The lowest BCUT2D eigenvalue weighted by molar-refractivity contribution is -0.266. The van der Waals surface area contributed by atoms with E-state index in [1.165, 1.54) is 0 Å². The third kappa shape index (κ3) is 5.00. The Bertz CT molecular complexity index is 1260. The summed E-state index contributed by atoms with van der Waals surface area (Å²) in [5.41, 5.74) is -2.14. The normalized spacial score (nSPS) is 13.6. The molecule has 1 amide bonds. The summed E-state index contributed by atoms with van der Waals surface area (Å²) in [5, 5.41) is 12.5. The number of hydrogen-bond donors (Lipinski definition) is 2. The fraction of sp³-hybridized carbons (Fsp3) is 0.227. The quantitative estimate of drug-likeness (QED) is 0.373. The fourth-order valence-corrected chi connectivity index (χ4v) is 5.11. The number of nitrogens with zero attached hydrogens (tertiary/aromatic N) is 2. The van der Waals surface area contributed by atoms with Crippen molar-refractivity contribution in [1.29, 1.82) is 0 Å². The van der Waals surface area contributed by atoms with Crippen LogP contribution in [0.15, 0.2) is 54.7 Å². The van der Waals surface area contributed by atoms with Crippen molar-refractivity contribution in [2.75, 3.05) is 12.4 Å². The first-order valence-corrected chi connectivity index (χ1v) is 11.3. The second-order valence-electron chi connectivity index (χ2n) is 7.23. The summed E-state index contributed by atoms with van der Waals surface area (Å²) in [7, 11) is 1.57. The van der Waals surface area contributed by atoms with Gasteiger partial charge in [-0.2, -0.15) is 13.2 Å². The number of alkyl halides is 3. The number of benzene rings is 2. The molecule has 2 heterocycles. The average Bonchev–Trinajstić information content (AvgIpc) is 3.39. The number of ether oxygens (including phenoxy) is 1. The van der Waals surface area contributed by atoms with Crippen LogP contribution < -0.4 is 10.1 Å². The summed E-state index contributed by atoms with van der Waals surface area (Å²) in [6, 6.07) is 13.9. The number of para-hydroxylation sites is 1. The molecule has 2 aromatic heterocycles. The molecule has 2 aromatic carbocycles. The molecule has 0 aliphatic rings. The van der Waals surface area contributed by atoms with E-state index in [0.717, 1.165) is 21.8 Å². The minimum absolute atomic E-state index is 0.145. The molecule has 0 saturated heterocycles. The van der Waals surface area contributed by atoms with Crippen molar-refractivity contribution in [2.24, 2.45) is 0 Å². The minimum atomic E-state index is -5.10. The monoisotopic (exact) mass is 493 g/mol. The summed E-state index contributed by atoms with van der Waals surface area (Å²) >= 11 is 1.85. The van der Waals surface area contributed by atoms with Crippen LogP contribution in [0, 0.1) is 0 Å². The third-order valence-corrected chi connectivity index (χ3v) is 6.95. The number of thiazole rings is 2. The Morgan fingerprint density at radius 3 is 2.67 bits per heavy atom. The molecule has 4 rings (SSSR count). The van der Waals surface area contributed by atoms with Crippen LogP contribution in [0.25, 0.3) is 10.2 Å². The predicted molar refractivity (Wildman–Crippen MR) is 121 cm³/mol. The molecule has 0 aliphatic heterocycles. The van der Waals surface area contributed by atoms with Crippen LogP contribution in [0.2, 0.25) is 0 Å². The van der Waals surface area contributed by atoms with Gasteiger partial charge in [0, 0.05) is 17.5 Å². The molecular formula is C22H18F3N3O3S2. The number of halogens is 3. The van der Waals surface area contributed by atoms with E-state index in [1.54, 1.807) is 37.6 Å². The third-order valence-electron chi connectivity index (χ3n) is 4.85. The van der Waals surface area contributed by atoms with Gasteiger partial charge in [0.25, 0.3) is 0 Å². The molecule has 33 heavy (non-hydrogen) atoms. The number of fused-ring (bicyclic) bond motifs is 1. The number of hydrogen-bond acceptors (Lipinski definition) is 7. The number of nitrogens with one attached hydrogen (secondary N) is 1. The number of amides is 1. The number of methoxy groups -OCH3 is 1. The van der Waals surface area contributed by atoms with E-state index in [9.17, 15) is 23.1 Å². The van der Waals surface area contributed by atoms with Crippen molar-refractivity contribution < 1.29 is 27.8 Å². The van der Waals surface area contributed by atoms with Crippen molar-refractivity contribution in [3.8, 4) is 5.75 Å². The summed E-state index contributed by atoms with van der Waals surface area (Å²) < 4.78 is 47.2. The molecule has 172 valence electrons. The second kappa shape index (κ2) is 9.08. The van der Waals surface area contributed by atoms with Gasteiger partial charge in [0.2, 0.25) is 11.5 Å². The highest BCUT2D eigenvalue weighted by molar-refractivity contribution is 7.18. The standard InChI is InChI=1S/C22H18F3N3O3S2/c1-31-14-6-4-5-13(9-14)10-15-12-26-20(32-15)28-18(29)11-21(30,22(23,24)25)19-27-16-7-2-3-8-17(16)33-19/h2-9,12,30H,10-11H2,1H3,(H,26,28,29)/t21-/m0/s1. The summed E-state index contributed by atoms with van der Waals surface area (Å²) in [6.07, 6.45) is -4.27. The van der Waals surface area contributed by atoms with Gasteiger partial charge >= 0.3 is 6.18 Å². The summed E-state index contributed by atoms with van der Waals surface area (Å²) in [4.78, 5) is 21.3. The van der Waals surface area contributed by atoms with Gasteiger partial charge in [0.1, 0.15) is 10.8 Å². The number of carbonyl (C=O) groups excluding carboxylic acids is 1. The number of anilines is 1. The van der Waals surface area contributed by atoms with Gasteiger partial charge < -0.3 is 15.2 Å². The van der Waals surface area contributed by atoms with Gasteiger partial charge in [-0.3, -0.25) is 4.79 Å². The fourth-order valence-electron chi connectivity index (χ4n) is 3.17. The minimum Gasteiger partial charge on any atom is -0.497 e. The first kappa shape index (κ1) is 23.1. The van der Waals surface area contributed by atoms with Crippen LogP contribution in [0.4, 0.5) is 18.3 Å². The molecule has 0 saturated carbocycles. The van der Waals surface area contributed by atoms with Crippen molar-refractivity contribution in [3.05, 3.63) is 70.2 Å². The molecule has 0 aliphatic carbocycles. The van der Waals surface area contributed by atoms with Crippen LogP contribution in [-0.4, -0.2) is 34.3 Å². The highest BCUT2D eigenvalue weighted by Crippen LogP contribution is 2.44. The first-order valence-electron chi connectivity index (χ1n) is 9.70. The molecule has 0 radical (unpaired) electrons. The number of rotatable bonds is 7. The zero-order chi connectivity index (χ0) is 23.6. The van der Waals surface area contributed by atoms with E-state index in [1.807, 2.05) is 24.3 Å². The SMILES string of the molecule is COc1cccc(Cc2cnc(NC(=O)C[C@](O)(c3nc4ccccc4s3)C(F)(F)F)s2)c1. The van der Waals surface area contributed by atoms with Crippen LogP contribution in [0.5, 0.6) is 5.75 Å². The maximum absolute atomic E-state index is 13.8. The highest BCUT2D eigenvalue weighted by atomic mass is 32.1. The number of carbonyl (C=O) groups is 1. The molecule has 2 N–H and O–H groups in total. The lowest BCUT2D eigenvalue weighted by Gasteiger charge is -2.27. The Morgan fingerprint density at radius 1 is 1.15 bits per heavy atom. The first-order chi connectivity index (χ1) is 15.7. The van der Waals surface area contributed by atoms with Crippen molar-refractivity contribution in [2.45, 2.75) is 24.6 Å². The van der Waals surface area contributed by atoms with E-state index >= 15 is 0 Å². The topological polar surface area (TPSA) is 84.3 Å². The van der Waals surface area contributed by atoms with Gasteiger partial charge in [-0.15, -0.1) is 22.7 Å². The van der Waals surface area contributed by atoms with Crippen molar-refractivity contribution >= 4 is 43.9 Å². The molecule has 6 nitrogen and oxygen atoms in total. The van der Waals surface area contributed by atoms with E-state index in [0.29, 0.717) is 33.7 Å². The maximum atomic E-state index is 13.8. The van der Waals surface area contributed by atoms with Crippen LogP contribution in [-0.2, 0) is 16.8 Å². The zero-order valence-corrected chi connectivity index (χ0v) is 18.9. The van der Waals surface area contributed by atoms with Gasteiger partial charge in [-0.25, -0.2) is 9.97 Å². The van der Waals surface area contributed by atoms with Gasteiger partial charge in [-0.1, -0.05) is 24.3 Å². The lowest BCUT2D eigenvalue weighted by Crippen LogP contribution is -2.45. The van der Waals surface area contributed by atoms with Crippen LogP contribution >= 0.6 is 22.7 Å². The van der Waals surface area contributed by atoms with Crippen LogP contribution in [0.1, 0.15) is 21.9 Å². The Morgan fingerprint density at radius 2 is 1.94 bits per heavy atom. The Labute approximate surface area is 194 Å². The second-order valence-corrected chi connectivity index (χ2v) is 9.38. The summed E-state index contributed by atoms with van der Waals surface area (Å²) in [5.74, 6) is -0.316. The molecule has 0 fully saturated rings. The lowest BCUT2D eigenvalue weighted by atomic mass is 9.99. The zero-order valence-electron chi connectivity index (χ0n) is 17.2. The molecular weight excluding hydrogens is 475 g/mol. The number of aliphatic hydroxyl groups is 1. The summed E-state index contributed by atoms with van der Waals surface area (Å²) in [6.45, 7) is 0. The maximum Gasteiger partial charge on any atom is 0.424 e. The molecule has 1 atom stereocenters. The highest BCUT2D eigenvalue weighted by Gasteiger charge is 2.58. The van der Waals surface area contributed by atoms with Gasteiger partial charge in [0.05, 0.1) is 23.7 Å². The van der Waals surface area contributed by atoms with E-state index in [-0.39, 0.29) is 5.13 Å². The van der Waals surface area contributed by atoms with Crippen LogP contribution in [0.3, 0.4) is 0 Å². The van der Waals surface area contributed by atoms with Gasteiger partial charge in [-0.05, 0) is 29.8 Å². The molecule has 4 aromatic rings. The predicted octanol–water partition coefficient (Wildman–Crippen LogP) is 5.13. The molecule has 0 bridgehead atoms. The number of aromatic nitrogens is 2. The molecule has 0 spiro atoms. The Balaban J connectivity index is 1.49. The largest absolute Gasteiger partial charge is 0.497 e. The molecule has 0 unspecified atom stereocenters.